The van der Waals surface area contributed by atoms with Crippen LogP contribution in [0.4, 0.5) is 4.79 Å². The van der Waals surface area contributed by atoms with Crippen molar-refractivity contribution in [1.82, 2.24) is 15.5 Å². The van der Waals surface area contributed by atoms with E-state index in [1.54, 1.807) is 45.0 Å². The lowest BCUT2D eigenvalue weighted by Crippen LogP contribution is -2.52. The first kappa shape index (κ1) is 25.0. The maximum absolute atomic E-state index is 13.1. The molecule has 7 heteroatoms. The Morgan fingerprint density at radius 1 is 1.10 bits per heavy atom. The van der Waals surface area contributed by atoms with E-state index in [4.69, 9.17) is 11.2 Å². The third-order valence-electron chi connectivity index (χ3n) is 4.00. The molecule has 1 rings (SSSR count). The Morgan fingerprint density at radius 2 is 1.67 bits per heavy atom. The van der Waals surface area contributed by atoms with E-state index in [1.807, 2.05) is 20.8 Å². The van der Waals surface area contributed by atoms with E-state index in [9.17, 15) is 14.4 Å². The first-order valence-electron chi connectivity index (χ1n) is 9.80. The highest BCUT2D eigenvalue weighted by Gasteiger charge is 2.34. The molecule has 0 saturated heterocycles. The van der Waals surface area contributed by atoms with Crippen molar-refractivity contribution in [2.24, 2.45) is 0 Å². The van der Waals surface area contributed by atoms with Crippen molar-refractivity contribution in [1.29, 1.82) is 0 Å². The van der Waals surface area contributed by atoms with Gasteiger partial charge in [-0.15, -0.1) is 6.42 Å². The zero-order valence-electron chi connectivity index (χ0n) is 19.1. The fourth-order valence-corrected chi connectivity index (χ4v) is 2.81. The van der Waals surface area contributed by atoms with Crippen LogP contribution < -0.4 is 10.6 Å². The fourth-order valence-electron chi connectivity index (χ4n) is 2.81. The van der Waals surface area contributed by atoms with Gasteiger partial charge in [0.2, 0.25) is 11.8 Å². The van der Waals surface area contributed by atoms with E-state index < -0.39 is 35.2 Å². The molecule has 0 fully saturated rings. The number of rotatable bonds is 5. The molecular weight excluding hydrogens is 382 g/mol. The second-order valence-electron chi connectivity index (χ2n) is 9.19. The predicted molar refractivity (Wildman–Crippen MR) is 117 cm³/mol. The fraction of sp³-hybridized carbons (Fsp3) is 0.522. The van der Waals surface area contributed by atoms with E-state index >= 15 is 0 Å². The normalized spacial score (nSPS) is 13.4. The molecule has 0 saturated carbocycles. The quantitative estimate of drug-likeness (QED) is 0.724. The summed E-state index contributed by atoms with van der Waals surface area (Å²) in [7, 11) is 1.51. The van der Waals surface area contributed by atoms with Crippen LogP contribution in [-0.2, 0) is 14.3 Å². The summed E-state index contributed by atoms with van der Waals surface area (Å²) in [4.78, 5) is 39.5. The van der Waals surface area contributed by atoms with Crippen LogP contribution in [0.5, 0.6) is 0 Å². The SMILES string of the molecule is C#Cc1ccccc1C(C(=O)NC(C)(C)C)N(C)C(=O)C(C)NC(=O)OC(C)(C)C. The third kappa shape index (κ3) is 7.43. The van der Waals surface area contributed by atoms with E-state index in [-0.39, 0.29) is 5.91 Å². The van der Waals surface area contributed by atoms with Crippen molar-refractivity contribution >= 4 is 17.9 Å². The van der Waals surface area contributed by atoms with Crippen molar-refractivity contribution in [3.8, 4) is 12.3 Å². The number of carbonyl (C=O) groups is 3. The number of carbonyl (C=O) groups excluding carboxylic acids is 3. The molecule has 0 heterocycles. The molecular formula is C23H33N3O4. The Labute approximate surface area is 179 Å². The number of nitrogens with zero attached hydrogens (tertiary/aromatic N) is 1. The zero-order valence-corrected chi connectivity index (χ0v) is 19.1. The number of amides is 3. The van der Waals surface area contributed by atoms with E-state index in [1.165, 1.54) is 18.9 Å². The average molecular weight is 416 g/mol. The summed E-state index contributed by atoms with van der Waals surface area (Å²) in [6.07, 6.45) is 4.91. The van der Waals surface area contributed by atoms with Gasteiger partial charge in [-0.25, -0.2) is 4.79 Å². The maximum atomic E-state index is 13.1. The summed E-state index contributed by atoms with van der Waals surface area (Å²) in [6.45, 7) is 12.3. The van der Waals surface area contributed by atoms with Gasteiger partial charge in [0.15, 0.2) is 0 Å². The minimum atomic E-state index is -0.966. The van der Waals surface area contributed by atoms with Gasteiger partial charge < -0.3 is 20.3 Å². The Morgan fingerprint density at radius 3 is 2.17 bits per heavy atom. The first-order chi connectivity index (χ1) is 13.7. The van der Waals surface area contributed by atoms with Gasteiger partial charge in [-0.2, -0.15) is 0 Å². The molecule has 30 heavy (non-hydrogen) atoms. The molecule has 0 aliphatic heterocycles. The van der Waals surface area contributed by atoms with Crippen LogP contribution in [-0.4, -0.2) is 47.0 Å². The Hall–Kier alpha value is -3.01. The summed E-state index contributed by atoms with van der Waals surface area (Å²) in [6, 6.07) is 5.09. The maximum Gasteiger partial charge on any atom is 0.408 e. The molecule has 0 aromatic heterocycles. The van der Waals surface area contributed by atoms with Crippen molar-refractivity contribution in [3.63, 3.8) is 0 Å². The number of terminal acetylenes is 1. The van der Waals surface area contributed by atoms with Gasteiger partial charge in [0.1, 0.15) is 17.7 Å². The van der Waals surface area contributed by atoms with E-state index in [0.29, 0.717) is 11.1 Å². The highest BCUT2D eigenvalue weighted by atomic mass is 16.6. The summed E-state index contributed by atoms with van der Waals surface area (Å²) < 4.78 is 5.21. The number of likely N-dealkylation sites (N-methyl/N-ethyl adjacent to an activating group) is 1. The van der Waals surface area contributed by atoms with Crippen LogP contribution in [0, 0.1) is 12.3 Å². The second kappa shape index (κ2) is 9.66. The number of hydrogen-bond donors (Lipinski definition) is 2. The predicted octanol–water partition coefficient (Wildman–Crippen LogP) is 3.00. The number of hydrogen-bond acceptors (Lipinski definition) is 4. The topological polar surface area (TPSA) is 87.7 Å². The monoisotopic (exact) mass is 415 g/mol. The first-order valence-corrected chi connectivity index (χ1v) is 9.80. The van der Waals surface area contributed by atoms with Gasteiger partial charge in [-0.3, -0.25) is 9.59 Å². The standard InChI is InChI=1S/C23H33N3O4/c1-10-16-13-11-12-14-17(16)18(19(27)25-22(3,4)5)26(9)20(28)15(2)24-21(29)30-23(6,7)8/h1,11-15,18H,2-9H3,(H,24,29)(H,25,27). The molecule has 2 N–H and O–H groups in total. The van der Waals surface area contributed by atoms with Crippen molar-refractivity contribution < 1.29 is 19.1 Å². The van der Waals surface area contributed by atoms with Gasteiger partial charge in [-0.1, -0.05) is 24.1 Å². The van der Waals surface area contributed by atoms with Crippen LogP contribution in [0.3, 0.4) is 0 Å². The Bertz CT molecular complexity index is 828. The average Bonchev–Trinajstić information content (AvgIpc) is 2.58. The third-order valence-corrected chi connectivity index (χ3v) is 4.00. The molecule has 2 atom stereocenters. The number of benzene rings is 1. The summed E-state index contributed by atoms with van der Waals surface area (Å²) in [5, 5.41) is 5.42. The molecule has 0 aliphatic rings. The van der Waals surface area contributed by atoms with Gasteiger partial charge in [0.25, 0.3) is 0 Å². The van der Waals surface area contributed by atoms with Crippen LogP contribution in [0.15, 0.2) is 24.3 Å². The number of alkyl carbamates (subject to hydrolysis) is 1. The molecule has 3 amide bonds. The van der Waals surface area contributed by atoms with Gasteiger partial charge in [-0.05, 0) is 60.1 Å². The molecule has 2 unspecified atom stereocenters. The molecule has 7 nitrogen and oxygen atoms in total. The summed E-state index contributed by atoms with van der Waals surface area (Å²) in [5.74, 6) is 1.74. The molecule has 0 radical (unpaired) electrons. The molecule has 0 spiro atoms. The Kier molecular flexibility index (Phi) is 8.06. The van der Waals surface area contributed by atoms with Crippen LogP contribution in [0.25, 0.3) is 0 Å². The summed E-state index contributed by atoms with van der Waals surface area (Å²) >= 11 is 0. The minimum Gasteiger partial charge on any atom is -0.444 e. The van der Waals surface area contributed by atoms with Gasteiger partial charge >= 0.3 is 6.09 Å². The van der Waals surface area contributed by atoms with Crippen molar-refractivity contribution in [3.05, 3.63) is 35.4 Å². The molecule has 1 aromatic rings. The van der Waals surface area contributed by atoms with Gasteiger partial charge in [0, 0.05) is 18.2 Å². The second-order valence-corrected chi connectivity index (χ2v) is 9.19. The number of ether oxygens (including phenoxy) is 1. The minimum absolute atomic E-state index is 0.370. The molecule has 0 bridgehead atoms. The highest BCUT2D eigenvalue weighted by Crippen LogP contribution is 2.25. The zero-order chi connectivity index (χ0) is 23.3. The van der Waals surface area contributed by atoms with Gasteiger partial charge in [0.05, 0.1) is 0 Å². The molecule has 164 valence electrons. The van der Waals surface area contributed by atoms with Crippen molar-refractivity contribution in [2.75, 3.05) is 7.05 Å². The lowest BCUT2D eigenvalue weighted by Gasteiger charge is -2.33. The van der Waals surface area contributed by atoms with Crippen LogP contribution >= 0.6 is 0 Å². The summed E-state index contributed by atoms with van der Waals surface area (Å²) in [5.41, 5.74) is -0.161. The van der Waals surface area contributed by atoms with Crippen molar-refractivity contribution in [2.45, 2.75) is 71.7 Å². The lowest BCUT2D eigenvalue weighted by molar-refractivity contribution is -0.141. The van der Waals surface area contributed by atoms with E-state index in [0.717, 1.165) is 0 Å². The number of nitrogens with one attached hydrogen (secondary N) is 2. The van der Waals surface area contributed by atoms with Crippen LogP contribution in [0.2, 0.25) is 0 Å². The smallest absolute Gasteiger partial charge is 0.408 e. The van der Waals surface area contributed by atoms with Crippen LogP contribution in [0.1, 0.15) is 65.6 Å². The highest BCUT2D eigenvalue weighted by molar-refractivity contribution is 5.92. The molecule has 1 aromatic carbocycles. The van der Waals surface area contributed by atoms with E-state index in [2.05, 4.69) is 16.6 Å². The molecule has 0 aliphatic carbocycles. The Balaban J connectivity index is 3.20. The largest absolute Gasteiger partial charge is 0.444 e. The lowest BCUT2D eigenvalue weighted by atomic mass is 9.97.